The maximum absolute atomic E-state index is 5.92. The fourth-order valence-corrected chi connectivity index (χ4v) is 2.28. The van der Waals surface area contributed by atoms with Crippen LogP contribution in [0, 0.1) is 3.57 Å². The van der Waals surface area contributed by atoms with Crippen molar-refractivity contribution in [3.63, 3.8) is 0 Å². The molecule has 17 heavy (non-hydrogen) atoms. The molecule has 1 aromatic rings. The second-order valence-electron chi connectivity index (χ2n) is 4.46. The predicted octanol–water partition coefficient (Wildman–Crippen LogP) is 4.61. The Bertz CT molecular complexity index is 341. The monoisotopic (exact) mass is 347 g/mol. The number of anilines is 1. The van der Waals surface area contributed by atoms with Crippen LogP contribution in [-0.2, 0) is 0 Å². The standard InChI is InChI=1S/C14H22INO/c1-3-4-5-6-7-11(2)17-14-9-8-12(15)10-13(14)16/h8-11H,3-7,16H2,1-2H3. The van der Waals surface area contributed by atoms with Gasteiger partial charge in [0.15, 0.2) is 0 Å². The zero-order valence-electron chi connectivity index (χ0n) is 10.7. The van der Waals surface area contributed by atoms with Crippen LogP contribution in [0.4, 0.5) is 5.69 Å². The van der Waals surface area contributed by atoms with Crippen LogP contribution in [0.1, 0.15) is 46.0 Å². The van der Waals surface area contributed by atoms with E-state index in [1.54, 1.807) is 0 Å². The van der Waals surface area contributed by atoms with Crippen molar-refractivity contribution in [2.75, 3.05) is 5.73 Å². The number of hydrogen-bond acceptors (Lipinski definition) is 2. The van der Waals surface area contributed by atoms with E-state index >= 15 is 0 Å². The first kappa shape index (κ1) is 14.6. The molecule has 0 saturated heterocycles. The van der Waals surface area contributed by atoms with E-state index < -0.39 is 0 Å². The van der Waals surface area contributed by atoms with Crippen molar-refractivity contribution in [2.24, 2.45) is 0 Å². The van der Waals surface area contributed by atoms with Crippen molar-refractivity contribution in [1.82, 2.24) is 0 Å². The Morgan fingerprint density at radius 2 is 2.06 bits per heavy atom. The van der Waals surface area contributed by atoms with E-state index in [4.69, 9.17) is 10.5 Å². The molecule has 3 heteroatoms. The molecule has 0 fully saturated rings. The number of nitrogens with two attached hydrogens (primary N) is 1. The molecule has 1 atom stereocenters. The number of hydrogen-bond donors (Lipinski definition) is 1. The summed E-state index contributed by atoms with van der Waals surface area (Å²) in [5.41, 5.74) is 6.65. The lowest BCUT2D eigenvalue weighted by Gasteiger charge is -2.16. The van der Waals surface area contributed by atoms with Crippen molar-refractivity contribution in [2.45, 2.75) is 52.1 Å². The summed E-state index contributed by atoms with van der Waals surface area (Å²) in [7, 11) is 0. The number of rotatable bonds is 7. The molecule has 0 radical (unpaired) electrons. The molecule has 1 unspecified atom stereocenters. The van der Waals surface area contributed by atoms with E-state index in [1.807, 2.05) is 18.2 Å². The van der Waals surface area contributed by atoms with Crippen LogP contribution in [0.15, 0.2) is 18.2 Å². The minimum Gasteiger partial charge on any atom is -0.489 e. The second-order valence-corrected chi connectivity index (χ2v) is 5.71. The molecule has 0 aliphatic rings. The third-order valence-electron chi connectivity index (χ3n) is 2.76. The molecular formula is C14H22INO. The number of nitrogen functional groups attached to an aromatic ring is 1. The van der Waals surface area contributed by atoms with Gasteiger partial charge in [0.05, 0.1) is 11.8 Å². The van der Waals surface area contributed by atoms with Gasteiger partial charge in [0.2, 0.25) is 0 Å². The Morgan fingerprint density at radius 1 is 1.29 bits per heavy atom. The van der Waals surface area contributed by atoms with Crippen LogP contribution in [-0.4, -0.2) is 6.10 Å². The largest absolute Gasteiger partial charge is 0.489 e. The van der Waals surface area contributed by atoms with Gasteiger partial charge in [0.1, 0.15) is 5.75 Å². The van der Waals surface area contributed by atoms with Crippen molar-refractivity contribution in [1.29, 1.82) is 0 Å². The number of ether oxygens (including phenoxy) is 1. The third kappa shape index (κ3) is 5.61. The first-order valence-electron chi connectivity index (χ1n) is 6.35. The Labute approximate surface area is 118 Å². The molecule has 0 bridgehead atoms. The minimum absolute atomic E-state index is 0.245. The van der Waals surface area contributed by atoms with Crippen LogP contribution in [0.5, 0.6) is 5.75 Å². The van der Waals surface area contributed by atoms with Gasteiger partial charge in [-0.05, 0) is 60.6 Å². The summed E-state index contributed by atoms with van der Waals surface area (Å²) in [5, 5.41) is 0. The maximum atomic E-state index is 5.92. The Kier molecular flexibility index (Phi) is 6.70. The van der Waals surface area contributed by atoms with Gasteiger partial charge in [-0.3, -0.25) is 0 Å². The maximum Gasteiger partial charge on any atom is 0.142 e. The first-order valence-corrected chi connectivity index (χ1v) is 7.43. The van der Waals surface area contributed by atoms with Gasteiger partial charge in [-0.15, -0.1) is 0 Å². The highest BCUT2D eigenvalue weighted by Gasteiger charge is 2.06. The lowest BCUT2D eigenvalue weighted by molar-refractivity contribution is 0.207. The normalized spacial score (nSPS) is 12.4. The highest BCUT2D eigenvalue weighted by atomic mass is 127. The van der Waals surface area contributed by atoms with Crippen molar-refractivity contribution in [3.05, 3.63) is 21.8 Å². The lowest BCUT2D eigenvalue weighted by atomic mass is 10.1. The predicted molar refractivity (Wildman–Crippen MR) is 82.4 cm³/mol. The molecular weight excluding hydrogens is 325 g/mol. The number of benzene rings is 1. The molecule has 1 aromatic carbocycles. The van der Waals surface area contributed by atoms with E-state index in [0.29, 0.717) is 0 Å². The van der Waals surface area contributed by atoms with E-state index in [1.165, 1.54) is 25.7 Å². The van der Waals surface area contributed by atoms with Gasteiger partial charge in [0, 0.05) is 3.57 Å². The average molecular weight is 347 g/mol. The Balaban J connectivity index is 2.37. The first-order chi connectivity index (χ1) is 8.13. The van der Waals surface area contributed by atoms with Gasteiger partial charge in [-0.25, -0.2) is 0 Å². The quantitative estimate of drug-likeness (QED) is 0.444. The van der Waals surface area contributed by atoms with E-state index in [9.17, 15) is 0 Å². The molecule has 2 N–H and O–H groups in total. The van der Waals surface area contributed by atoms with E-state index in [-0.39, 0.29) is 6.10 Å². The van der Waals surface area contributed by atoms with Gasteiger partial charge in [-0.1, -0.05) is 26.2 Å². The zero-order chi connectivity index (χ0) is 12.7. The molecule has 0 spiro atoms. The summed E-state index contributed by atoms with van der Waals surface area (Å²) >= 11 is 2.25. The second kappa shape index (κ2) is 7.80. The third-order valence-corrected chi connectivity index (χ3v) is 3.44. The molecule has 0 aromatic heterocycles. The fraction of sp³-hybridized carbons (Fsp3) is 0.571. The fourth-order valence-electron chi connectivity index (χ4n) is 1.76. The van der Waals surface area contributed by atoms with Gasteiger partial charge in [-0.2, -0.15) is 0 Å². The zero-order valence-corrected chi connectivity index (χ0v) is 12.9. The molecule has 0 amide bonds. The van der Waals surface area contributed by atoms with Crippen LogP contribution in [0.2, 0.25) is 0 Å². The smallest absolute Gasteiger partial charge is 0.142 e. The molecule has 0 aliphatic carbocycles. The summed E-state index contributed by atoms with van der Waals surface area (Å²) in [4.78, 5) is 0. The van der Waals surface area contributed by atoms with Gasteiger partial charge in [0.25, 0.3) is 0 Å². The lowest BCUT2D eigenvalue weighted by Crippen LogP contribution is -2.12. The molecule has 1 rings (SSSR count). The summed E-state index contributed by atoms with van der Waals surface area (Å²) in [6, 6.07) is 5.93. The van der Waals surface area contributed by atoms with Crippen LogP contribution < -0.4 is 10.5 Å². The summed E-state index contributed by atoms with van der Waals surface area (Å²) in [5.74, 6) is 0.813. The number of unbranched alkanes of at least 4 members (excludes halogenated alkanes) is 3. The minimum atomic E-state index is 0.245. The van der Waals surface area contributed by atoms with Crippen molar-refractivity contribution < 1.29 is 4.74 Å². The topological polar surface area (TPSA) is 35.2 Å². The van der Waals surface area contributed by atoms with E-state index in [2.05, 4.69) is 36.4 Å². The average Bonchev–Trinajstić information content (AvgIpc) is 2.28. The Hall–Kier alpha value is -0.450. The van der Waals surface area contributed by atoms with E-state index in [0.717, 1.165) is 21.4 Å². The highest BCUT2D eigenvalue weighted by Crippen LogP contribution is 2.25. The Morgan fingerprint density at radius 3 is 2.71 bits per heavy atom. The molecule has 0 heterocycles. The summed E-state index contributed by atoms with van der Waals surface area (Å²) < 4.78 is 6.99. The summed E-state index contributed by atoms with van der Waals surface area (Å²) in [6.45, 7) is 4.34. The van der Waals surface area contributed by atoms with Crippen molar-refractivity contribution in [3.8, 4) is 5.75 Å². The van der Waals surface area contributed by atoms with Gasteiger partial charge >= 0.3 is 0 Å². The molecule has 0 saturated carbocycles. The SMILES string of the molecule is CCCCCCC(C)Oc1ccc(I)cc1N. The molecule has 0 aliphatic heterocycles. The molecule has 2 nitrogen and oxygen atoms in total. The molecule has 96 valence electrons. The number of halogens is 1. The summed E-state index contributed by atoms with van der Waals surface area (Å²) in [6.07, 6.45) is 6.48. The highest BCUT2D eigenvalue weighted by molar-refractivity contribution is 14.1. The van der Waals surface area contributed by atoms with Crippen molar-refractivity contribution >= 4 is 28.3 Å². The van der Waals surface area contributed by atoms with Gasteiger partial charge < -0.3 is 10.5 Å². The van der Waals surface area contributed by atoms with Crippen LogP contribution >= 0.6 is 22.6 Å². The van der Waals surface area contributed by atoms with Crippen LogP contribution in [0.3, 0.4) is 0 Å². The van der Waals surface area contributed by atoms with Crippen LogP contribution in [0.25, 0.3) is 0 Å².